The Bertz CT molecular complexity index is 316. The van der Waals surface area contributed by atoms with Crippen LogP contribution in [-0.2, 0) is 10.8 Å². The molecule has 0 spiro atoms. The maximum absolute atomic E-state index is 11.1. The minimum atomic E-state index is -0.721. The molecule has 90 valence electrons. The molecule has 2 nitrogen and oxygen atoms in total. The third-order valence-electron chi connectivity index (χ3n) is 2.29. The fraction of sp³-hybridized carbons (Fsp3) is 0.500. The van der Waals surface area contributed by atoms with Gasteiger partial charge >= 0.3 is 0 Å². The van der Waals surface area contributed by atoms with Gasteiger partial charge in [0.25, 0.3) is 0 Å². The zero-order valence-corrected chi connectivity index (χ0v) is 11.4. The summed E-state index contributed by atoms with van der Waals surface area (Å²) in [5.41, 5.74) is 0. The first kappa shape index (κ1) is 13.7. The van der Waals surface area contributed by atoms with E-state index in [0.717, 1.165) is 18.8 Å². The summed E-state index contributed by atoms with van der Waals surface area (Å²) in [6.07, 6.45) is 1.76. The van der Waals surface area contributed by atoms with Crippen molar-refractivity contribution in [3.63, 3.8) is 0 Å². The average molecular weight is 257 g/mol. The molecule has 0 amide bonds. The first-order chi connectivity index (χ1) is 7.70. The van der Waals surface area contributed by atoms with E-state index in [-0.39, 0.29) is 5.25 Å². The van der Waals surface area contributed by atoms with Crippen LogP contribution in [0.15, 0.2) is 35.2 Å². The van der Waals surface area contributed by atoms with Gasteiger partial charge in [-0.25, -0.2) is 0 Å². The average Bonchev–Trinajstić information content (AvgIpc) is 2.29. The molecule has 0 aliphatic heterocycles. The van der Waals surface area contributed by atoms with E-state index in [1.165, 1.54) is 4.90 Å². The highest BCUT2D eigenvalue weighted by molar-refractivity contribution is 7.99. The van der Waals surface area contributed by atoms with Crippen LogP contribution in [0.1, 0.15) is 6.92 Å². The zero-order chi connectivity index (χ0) is 11.8. The molecule has 2 atom stereocenters. The number of thioether (sulfide) groups is 1. The number of nitrogens with one attached hydrogen (secondary N) is 1. The number of benzene rings is 1. The molecule has 0 aliphatic carbocycles. The van der Waals surface area contributed by atoms with Crippen molar-refractivity contribution in [2.24, 2.45) is 0 Å². The Morgan fingerprint density at radius 3 is 2.69 bits per heavy atom. The molecule has 1 aromatic carbocycles. The molecular weight excluding hydrogens is 238 g/mol. The lowest BCUT2D eigenvalue weighted by Gasteiger charge is -2.09. The summed E-state index contributed by atoms with van der Waals surface area (Å²) in [6, 6.07) is 10.4. The van der Waals surface area contributed by atoms with Crippen LogP contribution in [0.25, 0.3) is 0 Å². The van der Waals surface area contributed by atoms with E-state index in [1.807, 2.05) is 24.8 Å². The summed E-state index contributed by atoms with van der Waals surface area (Å²) in [5.74, 6) is 1.05. The predicted octanol–water partition coefficient (Wildman–Crippen LogP) is 2.14. The molecule has 1 aromatic rings. The molecule has 16 heavy (non-hydrogen) atoms. The molecule has 0 saturated carbocycles. The molecule has 0 heterocycles. The lowest BCUT2D eigenvalue weighted by atomic mass is 10.4. The van der Waals surface area contributed by atoms with Crippen molar-refractivity contribution < 1.29 is 4.21 Å². The Balaban J connectivity index is 2.07. The fourth-order valence-corrected chi connectivity index (χ4v) is 2.36. The van der Waals surface area contributed by atoms with Crippen LogP contribution in [0.2, 0.25) is 0 Å². The molecular formula is C12H19NOS2. The molecule has 1 rings (SSSR count). The summed E-state index contributed by atoms with van der Waals surface area (Å²) in [7, 11) is -0.721. The normalized spacial score (nSPS) is 14.6. The molecule has 0 saturated heterocycles. The standard InChI is InChI=1S/C12H19NOS2/c1-11(16(2)14)10-13-8-9-15-12-6-4-3-5-7-12/h3-7,11,13H,8-10H2,1-2H3. The van der Waals surface area contributed by atoms with Crippen molar-refractivity contribution in [2.45, 2.75) is 17.1 Å². The van der Waals surface area contributed by atoms with E-state index in [4.69, 9.17) is 0 Å². The highest BCUT2D eigenvalue weighted by atomic mass is 32.2. The van der Waals surface area contributed by atoms with Crippen molar-refractivity contribution in [1.82, 2.24) is 5.32 Å². The van der Waals surface area contributed by atoms with Gasteiger partial charge in [0, 0.05) is 46.0 Å². The highest BCUT2D eigenvalue weighted by Crippen LogP contribution is 2.15. The van der Waals surface area contributed by atoms with Gasteiger partial charge < -0.3 is 5.32 Å². The van der Waals surface area contributed by atoms with Crippen LogP contribution in [0.4, 0.5) is 0 Å². The Kier molecular flexibility index (Phi) is 6.76. The number of rotatable bonds is 7. The van der Waals surface area contributed by atoms with Gasteiger partial charge in [-0.2, -0.15) is 0 Å². The summed E-state index contributed by atoms with van der Waals surface area (Å²) < 4.78 is 11.1. The van der Waals surface area contributed by atoms with E-state index in [9.17, 15) is 4.21 Å². The third kappa shape index (κ3) is 5.68. The Labute approximate surface area is 105 Å². The SMILES string of the molecule is CC(CNCCSc1ccccc1)S(C)=O. The van der Waals surface area contributed by atoms with E-state index >= 15 is 0 Å². The minimum absolute atomic E-state index is 0.238. The molecule has 0 aromatic heterocycles. The van der Waals surface area contributed by atoms with Gasteiger partial charge in [0.1, 0.15) is 0 Å². The summed E-state index contributed by atoms with van der Waals surface area (Å²) in [4.78, 5) is 1.30. The monoisotopic (exact) mass is 257 g/mol. The van der Waals surface area contributed by atoms with Gasteiger partial charge in [-0.3, -0.25) is 4.21 Å². The Hall–Kier alpha value is -0.320. The second kappa shape index (κ2) is 7.87. The predicted molar refractivity (Wildman–Crippen MR) is 73.6 cm³/mol. The first-order valence-corrected chi connectivity index (χ1v) is 8.01. The van der Waals surface area contributed by atoms with Gasteiger partial charge in [0.15, 0.2) is 0 Å². The molecule has 0 fully saturated rings. The lowest BCUT2D eigenvalue weighted by Crippen LogP contribution is -2.29. The van der Waals surface area contributed by atoms with Crippen LogP contribution in [-0.4, -0.2) is 34.6 Å². The molecule has 0 radical (unpaired) electrons. The Morgan fingerprint density at radius 2 is 2.06 bits per heavy atom. The van der Waals surface area contributed by atoms with Gasteiger partial charge in [-0.05, 0) is 19.1 Å². The number of hydrogen-bond acceptors (Lipinski definition) is 3. The smallest absolute Gasteiger partial charge is 0.0441 e. The Morgan fingerprint density at radius 1 is 1.38 bits per heavy atom. The highest BCUT2D eigenvalue weighted by Gasteiger charge is 2.04. The molecule has 0 bridgehead atoms. The topological polar surface area (TPSA) is 29.1 Å². The van der Waals surface area contributed by atoms with Crippen LogP contribution in [0.3, 0.4) is 0 Å². The quantitative estimate of drug-likeness (QED) is 0.599. The van der Waals surface area contributed by atoms with Crippen molar-refractivity contribution in [3.8, 4) is 0 Å². The maximum atomic E-state index is 11.1. The van der Waals surface area contributed by atoms with Gasteiger partial charge in [-0.15, -0.1) is 11.8 Å². The van der Waals surface area contributed by atoms with Gasteiger partial charge in [0.2, 0.25) is 0 Å². The van der Waals surface area contributed by atoms with Crippen molar-refractivity contribution in [3.05, 3.63) is 30.3 Å². The van der Waals surface area contributed by atoms with Gasteiger partial charge in [-0.1, -0.05) is 18.2 Å². The second-order valence-electron chi connectivity index (χ2n) is 3.67. The fourth-order valence-electron chi connectivity index (χ4n) is 1.18. The largest absolute Gasteiger partial charge is 0.315 e. The van der Waals surface area contributed by atoms with Crippen molar-refractivity contribution >= 4 is 22.6 Å². The molecule has 4 heteroatoms. The van der Waals surface area contributed by atoms with Gasteiger partial charge in [0.05, 0.1) is 0 Å². The van der Waals surface area contributed by atoms with E-state index < -0.39 is 10.8 Å². The lowest BCUT2D eigenvalue weighted by molar-refractivity contribution is 0.659. The number of hydrogen-bond donors (Lipinski definition) is 1. The molecule has 1 N–H and O–H groups in total. The van der Waals surface area contributed by atoms with Crippen molar-refractivity contribution in [1.29, 1.82) is 0 Å². The minimum Gasteiger partial charge on any atom is -0.315 e. The van der Waals surface area contributed by atoms with Crippen LogP contribution < -0.4 is 5.32 Å². The summed E-state index contributed by atoms with van der Waals surface area (Å²) in [5, 5.41) is 3.56. The van der Waals surface area contributed by atoms with Crippen LogP contribution >= 0.6 is 11.8 Å². The van der Waals surface area contributed by atoms with Crippen LogP contribution in [0.5, 0.6) is 0 Å². The third-order valence-corrected chi connectivity index (χ3v) is 4.60. The molecule has 2 unspecified atom stereocenters. The second-order valence-corrected chi connectivity index (χ2v) is 6.65. The van der Waals surface area contributed by atoms with E-state index in [1.54, 1.807) is 6.26 Å². The van der Waals surface area contributed by atoms with Crippen molar-refractivity contribution in [2.75, 3.05) is 25.1 Å². The molecule has 0 aliphatic rings. The van der Waals surface area contributed by atoms with E-state index in [0.29, 0.717) is 0 Å². The zero-order valence-electron chi connectivity index (χ0n) is 9.81. The summed E-state index contributed by atoms with van der Waals surface area (Å²) >= 11 is 1.84. The summed E-state index contributed by atoms with van der Waals surface area (Å²) in [6.45, 7) is 3.80. The van der Waals surface area contributed by atoms with E-state index in [2.05, 4.69) is 29.6 Å². The first-order valence-electron chi connectivity index (χ1n) is 5.41. The van der Waals surface area contributed by atoms with Crippen LogP contribution in [0, 0.1) is 0 Å². The maximum Gasteiger partial charge on any atom is 0.0441 e.